The van der Waals surface area contributed by atoms with E-state index in [1.165, 1.54) is 12.3 Å². The number of rotatable bonds is 3. The third-order valence-electron chi connectivity index (χ3n) is 3.46. The third kappa shape index (κ3) is 2.52. The molecule has 1 saturated heterocycles. The van der Waals surface area contributed by atoms with Gasteiger partial charge in [0.25, 0.3) is 5.91 Å². The highest BCUT2D eigenvalue weighted by molar-refractivity contribution is 5.94. The molecule has 2 aromatic heterocycles. The van der Waals surface area contributed by atoms with E-state index >= 15 is 0 Å². The van der Waals surface area contributed by atoms with Crippen LogP contribution in [0.1, 0.15) is 23.2 Å². The van der Waals surface area contributed by atoms with Crippen LogP contribution in [-0.4, -0.2) is 43.4 Å². The number of hydrogen-bond acceptors (Lipinski definition) is 4. The van der Waals surface area contributed by atoms with Gasteiger partial charge in [0.05, 0.1) is 30.5 Å². The molecule has 1 fully saturated rings. The Hall–Kier alpha value is -2.31. The number of halogens is 1. The summed E-state index contributed by atoms with van der Waals surface area (Å²) in [5, 5.41) is 7.67. The van der Waals surface area contributed by atoms with Crippen molar-refractivity contribution in [3.05, 3.63) is 42.2 Å². The first kappa shape index (κ1) is 12.7. The number of amides is 1. The van der Waals surface area contributed by atoms with Crippen molar-refractivity contribution in [3.63, 3.8) is 0 Å². The van der Waals surface area contributed by atoms with Crippen molar-refractivity contribution in [2.24, 2.45) is 0 Å². The van der Waals surface area contributed by atoms with Crippen molar-refractivity contribution >= 4 is 5.91 Å². The lowest BCUT2D eigenvalue weighted by Crippen LogP contribution is -2.38. The summed E-state index contributed by atoms with van der Waals surface area (Å²) in [5.41, 5.74) is 0.287. The lowest BCUT2D eigenvalue weighted by molar-refractivity contribution is 0.0720. The van der Waals surface area contributed by atoms with Crippen molar-refractivity contribution in [3.8, 4) is 0 Å². The van der Waals surface area contributed by atoms with Gasteiger partial charge < -0.3 is 4.90 Å². The Balaban J connectivity index is 1.76. The number of carbonyl (C=O) groups is 1. The van der Waals surface area contributed by atoms with Crippen LogP contribution >= 0.6 is 0 Å². The van der Waals surface area contributed by atoms with Crippen molar-refractivity contribution < 1.29 is 9.18 Å². The topological polar surface area (TPSA) is 63.9 Å². The second-order valence-electron chi connectivity index (χ2n) is 4.81. The number of aromatic nitrogens is 4. The van der Waals surface area contributed by atoms with E-state index in [9.17, 15) is 9.18 Å². The Labute approximate surface area is 115 Å². The van der Waals surface area contributed by atoms with Crippen molar-refractivity contribution in [2.75, 3.05) is 6.54 Å². The van der Waals surface area contributed by atoms with Crippen LogP contribution in [0.15, 0.2) is 30.9 Å². The average molecular weight is 275 g/mol. The van der Waals surface area contributed by atoms with Crippen LogP contribution in [0.2, 0.25) is 0 Å². The van der Waals surface area contributed by atoms with Crippen LogP contribution in [0.25, 0.3) is 0 Å². The van der Waals surface area contributed by atoms with E-state index in [2.05, 4.69) is 15.3 Å². The predicted octanol–water partition coefficient (Wildman–Crippen LogP) is 1.12. The minimum Gasteiger partial charge on any atom is -0.334 e. The largest absolute Gasteiger partial charge is 0.334 e. The molecule has 0 aromatic carbocycles. The maximum atomic E-state index is 13.2. The summed E-state index contributed by atoms with van der Waals surface area (Å²) in [6.07, 6.45) is 7.72. The maximum Gasteiger partial charge on any atom is 0.255 e. The van der Waals surface area contributed by atoms with Crippen LogP contribution in [0, 0.1) is 5.82 Å². The Morgan fingerprint density at radius 2 is 2.35 bits per heavy atom. The molecule has 1 atom stereocenters. The van der Waals surface area contributed by atoms with Gasteiger partial charge in [-0.25, -0.2) is 4.39 Å². The molecule has 20 heavy (non-hydrogen) atoms. The van der Waals surface area contributed by atoms with Crippen molar-refractivity contribution in [2.45, 2.75) is 25.4 Å². The molecule has 3 rings (SSSR count). The van der Waals surface area contributed by atoms with Crippen LogP contribution in [-0.2, 0) is 6.54 Å². The quantitative estimate of drug-likeness (QED) is 0.842. The highest BCUT2D eigenvalue weighted by atomic mass is 19.1. The summed E-state index contributed by atoms with van der Waals surface area (Å²) in [6.45, 7) is 1.28. The SMILES string of the molecule is O=C(c1cncc(F)c1)N1CCC[C@H]1Cn1ccnn1. The first-order valence-corrected chi connectivity index (χ1v) is 6.49. The maximum absolute atomic E-state index is 13.2. The minimum absolute atomic E-state index is 0.0625. The standard InChI is InChI=1S/C13H14FN5O/c14-11-6-10(7-15-8-11)13(20)19-4-1-2-12(19)9-18-5-3-16-17-18/h3,5-8,12H,1-2,4,9H2/t12-/m0/s1. The normalized spacial score (nSPS) is 18.4. The molecule has 104 valence electrons. The number of carbonyl (C=O) groups excluding carboxylic acids is 1. The lowest BCUT2D eigenvalue weighted by Gasteiger charge is -2.24. The molecule has 1 aliphatic heterocycles. The minimum atomic E-state index is -0.497. The predicted molar refractivity (Wildman–Crippen MR) is 68.3 cm³/mol. The van der Waals surface area contributed by atoms with Gasteiger partial charge in [0.15, 0.2) is 0 Å². The van der Waals surface area contributed by atoms with E-state index in [4.69, 9.17) is 0 Å². The molecule has 1 aliphatic rings. The van der Waals surface area contributed by atoms with Crippen LogP contribution in [0.5, 0.6) is 0 Å². The molecular weight excluding hydrogens is 261 g/mol. The van der Waals surface area contributed by atoms with Crippen LogP contribution < -0.4 is 0 Å². The molecule has 0 bridgehead atoms. The van der Waals surface area contributed by atoms with E-state index in [-0.39, 0.29) is 17.5 Å². The van der Waals surface area contributed by atoms with Crippen LogP contribution in [0.4, 0.5) is 4.39 Å². The fourth-order valence-electron chi connectivity index (χ4n) is 2.53. The second-order valence-corrected chi connectivity index (χ2v) is 4.81. The third-order valence-corrected chi connectivity index (χ3v) is 3.46. The number of pyridine rings is 1. The smallest absolute Gasteiger partial charge is 0.255 e. The van der Waals surface area contributed by atoms with E-state index in [1.807, 2.05) is 0 Å². The van der Waals surface area contributed by atoms with Crippen LogP contribution in [0.3, 0.4) is 0 Å². The van der Waals surface area contributed by atoms with Gasteiger partial charge in [0.2, 0.25) is 0 Å². The molecule has 2 aromatic rings. The Kier molecular flexibility index (Phi) is 3.41. The summed E-state index contributed by atoms with van der Waals surface area (Å²) in [5.74, 6) is -0.678. The zero-order chi connectivity index (χ0) is 13.9. The summed E-state index contributed by atoms with van der Waals surface area (Å²) in [6, 6.07) is 1.28. The molecule has 0 radical (unpaired) electrons. The van der Waals surface area contributed by atoms with E-state index < -0.39 is 5.82 Å². The number of hydrogen-bond donors (Lipinski definition) is 0. The van der Waals surface area contributed by atoms with Gasteiger partial charge in [0, 0.05) is 18.9 Å². The molecule has 1 amide bonds. The lowest BCUT2D eigenvalue weighted by atomic mass is 10.2. The molecule has 0 N–H and O–H groups in total. The first-order chi connectivity index (χ1) is 9.74. The van der Waals surface area contributed by atoms with Gasteiger partial charge in [-0.3, -0.25) is 14.5 Å². The zero-order valence-electron chi connectivity index (χ0n) is 10.8. The molecule has 6 nitrogen and oxygen atoms in total. The Morgan fingerprint density at radius 1 is 1.45 bits per heavy atom. The van der Waals surface area contributed by atoms with E-state index in [0.29, 0.717) is 13.1 Å². The van der Waals surface area contributed by atoms with Gasteiger partial charge in [0.1, 0.15) is 5.82 Å². The number of nitrogens with zero attached hydrogens (tertiary/aromatic N) is 5. The fraction of sp³-hybridized carbons (Fsp3) is 0.385. The Bertz CT molecular complexity index is 601. The summed E-state index contributed by atoms with van der Waals surface area (Å²) < 4.78 is 14.9. The molecule has 0 aliphatic carbocycles. The Morgan fingerprint density at radius 3 is 3.10 bits per heavy atom. The highest BCUT2D eigenvalue weighted by Gasteiger charge is 2.30. The van der Waals surface area contributed by atoms with Gasteiger partial charge in [-0.15, -0.1) is 5.10 Å². The second kappa shape index (κ2) is 5.36. The van der Waals surface area contributed by atoms with Gasteiger partial charge >= 0.3 is 0 Å². The highest BCUT2D eigenvalue weighted by Crippen LogP contribution is 2.21. The molecule has 3 heterocycles. The fourth-order valence-corrected chi connectivity index (χ4v) is 2.53. The van der Waals surface area contributed by atoms with Gasteiger partial charge in [-0.2, -0.15) is 0 Å². The summed E-state index contributed by atoms with van der Waals surface area (Å²) in [4.78, 5) is 17.9. The van der Waals surface area contributed by atoms with E-state index in [1.54, 1.807) is 22.0 Å². The number of likely N-dealkylation sites (tertiary alicyclic amines) is 1. The molecular formula is C13H14FN5O. The molecule has 0 saturated carbocycles. The van der Waals surface area contributed by atoms with Gasteiger partial charge in [-0.1, -0.05) is 5.21 Å². The first-order valence-electron chi connectivity index (χ1n) is 6.49. The summed E-state index contributed by atoms with van der Waals surface area (Å²) >= 11 is 0. The average Bonchev–Trinajstić information content (AvgIpc) is 3.10. The monoisotopic (exact) mass is 275 g/mol. The van der Waals surface area contributed by atoms with E-state index in [0.717, 1.165) is 19.0 Å². The molecule has 0 unspecified atom stereocenters. The molecule has 7 heteroatoms. The van der Waals surface area contributed by atoms with Crippen molar-refractivity contribution in [1.82, 2.24) is 24.9 Å². The molecule has 0 spiro atoms. The summed E-state index contributed by atoms with van der Waals surface area (Å²) in [7, 11) is 0. The van der Waals surface area contributed by atoms with Crippen molar-refractivity contribution in [1.29, 1.82) is 0 Å². The zero-order valence-corrected chi connectivity index (χ0v) is 10.8. The van der Waals surface area contributed by atoms with Gasteiger partial charge in [-0.05, 0) is 18.9 Å².